The van der Waals surface area contributed by atoms with Gasteiger partial charge in [-0.15, -0.1) is 5.10 Å². The van der Waals surface area contributed by atoms with Gasteiger partial charge in [0.25, 0.3) is 0 Å². The van der Waals surface area contributed by atoms with Gasteiger partial charge in [-0.25, -0.2) is 4.39 Å². The van der Waals surface area contributed by atoms with E-state index < -0.39 is 0 Å². The summed E-state index contributed by atoms with van der Waals surface area (Å²) in [5.74, 6) is 1.23. The van der Waals surface area contributed by atoms with Crippen molar-refractivity contribution in [1.82, 2.24) is 30.3 Å². The van der Waals surface area contributed by atoms with Gasteiger partial charge in [0.05, 0.1) is 11.4 Å². The average Bonchev–Trinajstić information content (AvgIpc) is 3.14. The Morgan fingerprint density at radius 2 is 2.13 bits per heavy atom. The van der Waals surface area contributed by atoms with E-state index >= 15 is 0 Å². The fraction of sp³-hybridized carbons (Fsp3) is 0.357. The summed E-state index contributed by atoms with van der Waals surface area (Å²) in [6, 6.07) is 6.07. The summed E-state index contributed by atoms with van der Waals surface area (Å²) < 4.78 is 20.0. The minimum Gasteiger partial charge on any atom is -0.338 e. The summed E-state index contributed by atoms with van der Waals surface area (Å²) in [6.07, 6.45) is 0. The Morgan fingerprint density at radius 3 is 2.83 bits per heavy atom. The van der Waals surface area contributed by atoms with Crippen molar-refractivity contribution in [3.8, 4) is 5.69 Å². The van der Waals surface area contributed by atoms with Crippen molar-refractivity contribution in [2.45, 2.75) is 37.1 Å². The molecular formula is C14H15FN6OS. The summed E-state index contributed by atoms with van der Waals surface area (Å²) in [6.45, 7) is 6.04. The van der Waals surface area contributed by atoms with Gasteiger partial charge in [-0.05, 0) is 28.6 Å². The first-order chi connectivity index (χ1) is 10.9. The number of thioether (sulfide) groups is 1. The van der Waals surface area contributed by atoms with E-state index in [0.29, 0.717) is 28.3 Å². The summed E-state index contributed by atoms with van der Waals surface area (Å²) in [5.41, 5.74) is 0.383. The molecule has 2 heterocycles. The Kier molecular flexibility index (Phi) is 4.12. The number of hydrogen-bond donors (Lipinski definition) is 0. The molecule has 0 spiro atoms. The Morgan fingerprint density at radius 1 is 1.30 bits per heavy atom. The second kappa shape index (κ2) is 6.07. The Hall–Kier alpha value is -2.29. The third-order valence-electron chi connectivity index (χ3n) is 2.96. The van der Waals surface area contributed by atoms with Crippen LogP contribution in [0.3, 0.4) is 0 Å². The van der Waals surface area contributed by atoms with Crippen LogP contribution in [0.5, 0.6) is 0 Å². The van der Waals surface area contributed by atoms with Crippen molar-refractivity contribution in [2.24, 2.45) is 0 Å². The molecule has 120 valence electrons. The van der Waals surface area contributed by atoms with E-state index in [9.17, 15) is 4.39 Å². The Bertz CT molecular complexity index is 809. The lowest BCUT2D eigenvalue weighted by Gasteiger charge is -2.10. The fourth-order valence-corrected chi connectivity index (χ4v) is 2.51. The van der Waals surface area contributed by atoms with Gasteiger partial charge in [0, 0.05) is 5.41 Å². The molecule has 0 atom stereocenters. The van der Waals surface area contributed by atoms with E-state index in [2.05, 4.69) is 25.7 Å². The molecule has 3 aromatic rings. The van der Waals surface area contributed by atoms with Crippen molar-refractivity contribution in [2.75, 3.05) is 0 Å². The van der Waals surface area contributed by atoms with Gasteiger partial charge in [-0.2, -0.15) is 9.67 Å². The Labute approximate surface area is 136 Å². The number of halogens is 1. The van der Waals surface area contributed by atoms with Crippen LogP contribution in [0.4, 0.5) is 4.39 Å². The molecule has 2 aromatic heterocycles. The smallest absolute Gasteiger partial charge is 0.237 e. The highest BCUT2D eigenvalue weighted by atomic mass is 32.2. The zero-order chi connectivity index (χ0) is 16.4. The third kappa shape index (κ3) is 3.55. The zero-order valence-corrected chi connectivity index (χ0v) is 13.7. The van der Waals surface area contributed by atoms with E-state index in [-0.39, 0.29) is 11.2 Å². The Balaban J connectivity index is 1.75. The van der Waals surface area contributed by atoms with Gasteiger partial charge in [-0.3, -0.25) is 0 Å². The van der Waals surface area contributed by atoms with Crippen molar-refractivity contribution < 1.29 is 8.91 Å². The van der Waals surface area contributed by atoms with E-state index in [1.54, 1.807) is 12.1 Å². The molecule has 0 amide bonds. The second-order valence-electron chi connectivity index (χ2n) is 5.90. The third-order valence-corrected chi connectivity index (χ3v) is 3.86. The number of benzene rings is 1. The molecule has 23 heavy (non-hydrogen) atoms. The monoisotopic (exact) mass is 334 g/mol. The molecule has 0 bridgehead atoms. The molecular weight excluding hydrogens is 319 g/mol. The molecule has 7 nitrogen and oxygen atoms in total. The molecule has 0 unspecified atom stereocenters. The molecule has 1 aromatic carbocycles. The minimum absolute atomic E-state index is 0.171. The highest BCUT2D eigenvalue weighted by Crippen LogP contribution is 2.24. The molecule has 0 fully saturated rings. The highest BCUT2D eigenvalue weighted by molar-refractivity contribution is 7.98. The molecule has 0 aliphatic heterocycles. The first-order valence-corrected chi connectivity index (χ1v) is 7.92. The van der Waals surface area contributed by atoms with Crippen molar-refractivity contribution in [3.63, 3.8) is 0 Å². The van der Waals surface area contributed by atoms with Gasteiger partial charge in [0.1, 0.15) is 5.82 Å². The molecule has 0 N–H and O–H groups in total. The van der Waals surface area contributed by atoms with Crippen LogP contribution in [-0.2, 0) is 11.2 Å². The van der Waals surface area contributed by atoms with E-state index in [4.69, 9.17) is 4.52 Å². The van der Waals surface area contributed by atoms with Crippen molar-refractivity contribution >= 4 is 11.8 Å². The van der Waals surface area contributed by atoms with E-state index in [1.807, 2.05) is 20.8 Å². The van der Waals surface area contributed by atoms with Gasteiger partial charge in [0.15, 0.2) is 5.82 Å². The maximum Gasteiger partial charge on any atom is 0.237 e. The highest BCUT2D eigenvalue weighted by Gasteiger charge is 2.21. The lowest BCUT2D eigenvalue weighted by molar-refractivity contribution is 0.372. The van der Waals surface area contributed by atoms with Crippen LogP contribution >= 0.6 is 11.8 Å². The SMILES string of the molecule is CC(C)(C)c1noc(CSc2nnnn2-c2cccc(F)c2)n1. The van der Waals surface area contributed by atoms with Crippen LogP contribution in [0.25, 0.3) is 5.69 Å². The van der Waals surface area contributed by atoms with Crippen LogP contribution in [0.1, 0.15) is 32.5 Å². The molecule has 0 aliphatic rings. The number of hydrogen-bond acceptors (Lipinski definition) is 7. The predicted molar refractivity (Wildman–Crippen MR) is 81.7 cm³/mol. The lowest BCUT2D eigenvalue weighted by Crippen LogP contribution is -2.13. The average molecular weight is 334 g/mol. The minimum atomic E-state index is -0.347. The second-order valence-corrected chi connectivity index (χ2v) is 6.85. The molecule has 3 rings (SSSR count). The molecule has 0 saturated carbocycles. The number of aromatic nitrogens is 6. The van der Waals surface area contributed by atoms with Crippen LogP contribution in [-0.4, -0.2) is 30.3 Å². The van der Waals surface area contributed by atoms with Crippen LogP contribution in [0, 0.1) is 5.82 Å². The van der Waals surface area contributed by atoms with Crippen molar-refractivity contribution in [3.05, 3.63) is 41.8 Å². The summed E-state index contributed by atoms with van der Waals surface area (Å²) >= 11 is 1.34. The maximum absolute atomic E-state index is 13.3. The quantitative estimate of drug-likeness (QED) is 0.678. The summed E-state index contributed by atoms with van der Waals surface area (Å²) in [7, 11) is 0. The van der Waals surface area contributed by atoms with Crippen LogP contribution in [0.15, 0.2) is 33.9 Å². The van der Waals surface area contributed by atoms with Gasteiger partial charge in [-0.1, -0.05) is 43.8 Å². The first kappa shape index (κ1) is 15.6. The van der Waals surface area contributed by atoms with Crippen LogP contribution in [0.2, 0.25) is 0 Å². The van der Waals surface area contributed by atoms with Crippen LogP contribution < -0.4 is 0 Å². The van der Waals surface area contributed by atoms with E-state index in [1.165, 1.54) is 28.6 Å². The van der Waals surface area contributed by atoms with Gasteiger partial charge >= 0.3 is 0 Å². The predicted octanol–water partition coefficient (Wildman–Crippen LogP) is 2.77. The molecule has 0 saturated heterocycles. The normalized spacial score (nSPS) is 11.8. The fourth-order valence-electron chi connectivity index (χ4n) is 1.78. The largest absolute Gasteiger partial charge is 0.338 e. The number of rotatable bonds is 4. The van der Waals surface area contributed by atoms with Gasteiger partial charge in [0.2, 0.25) is 11.0 Å². The lowest BCUT2D eigenvalue weighted by atomic mass is 9.96. The number of nitrogens with zero attached hydrogens (tertiary/aromatic N) is 6. The van der Waals surface area contributed by atoms with E-state index in [0.717, 1.165) is 0 Å². The summed E-state index contributed by atoms with van der Waals surface area (Å²) in [4.78, 5) is 4.36. The molecule has 0 aliphatic carbocycles. The molecule has 9 heteroatoms. The standard InChI is InChI=1S/C14H15FN6OS/c1-14(2,3)12-16-11(22-18-12)8-23-13-17-19-20-21(13)10-6-4-5-9(15)7-10/h4-7H,8H2,1-3H3. The number of tetrazole rings is 1. The zero-order valence-electron chi connectivity index (χ0n) is 12.9. The molecule has 0 radical (unpaired) electrons. The maximum atomic E-state index is 13.3. The van der Waals surface area contributed by atoms with Gasteiger partial charge < -0.3 is 4.52 Å². The topological polar surface area (TPSA) is 82.5 Å². The first-order valence-electron chi connectivity index (χ1n) is 6.94. The van der Waals surface area contributed by atoms with Crippen molar-refractivity contribution in [1.29, 1.82) is 0 Å². The summed E-state index contributed by atoms with van der Waals surface area (Å²) in [5, 5.41) is 16.0.